The second-order valence-electron chi connectivity index (χ2n) is 4.11. The molecule has 0 atom stereocenters. The zero-order chi connectivity index (χ0) is 14.5. The van der Waals surface area contributed by atoms with E-state index in [2.05, 4.69) is 5.32 Å². The molecule has 3 nitrogen and oxygen atoms in total. The van der Waals surface area contributed by atoms with Gasteiger partial charge in [0.15, 0.2) is 0 Å². The zero-order valence-electron chi connectivity index (χ0n) is 10.4. The maximum absolute atomic E-state index is 12.7. The average molecular weight is 291 g/mol. The van der Waals surface area contributed by atoms with E-state index >= 15 is 0 Å². The molecule has 0 aliphatic carbocycles. The Morgan fingerprint density at radius 3 is 2.55 bits per heavy atom. The van der Waals surface area contributed by atoms with E-state index in [0.29, 0.717) is 16.4 Å². The van der Waals surface area contributed by atoms with E-state index in [0.717, 1.165) is 5.56 Å². The van der Waals surface area contributed by atoms with Crippen molar-refractivity contribution in [3.8, 4) is 0 Å². The number of carbonyl (C=O) groups is 1. The Bertz CT molecular complexity index is 653. The van der Waals surface area contributed by atoms with Crippen LogP contribution in [-0.2, 0) is 4.79 Å². The van der Waals surface area contributed by atoms with Crippen molar-refractivity contribution in [3.63, 3.8) is 0 Å². The van der Waals surface area contributed by atoms with E-state index in [-0.39, 0.29) is 11.7 Å². The van der Waals surface area contributed by atoms with Gasteiger partial charge in [0.05, 0.1) is 10.7 Å². The number of nitrogens with one attached hydrogen (secondary N) is 1. The Hall–Kier alpha value is -2.33. The largest absolute Gasteiger partial charge is 0.397 e. The van der Waals surface area contributed by atoms with Crippen molar-refractivity contribution in [2.45, 2.75) is 0 Å². The fourth-order valence-electron chi connectivity index (χ4n) is 1.55. The minimum Gasteiger partial charge on any atom is -0.397 e. The van der Waals surface area contributed by atoms with Crippen LogP contribution in [0.2, 0.25) is 5.02 Å². The van der Waals surface area contributed by atoms with Crippen LogP contribution < -0.4 is 11.1 Å². The molecule has 0 heterocycles. The minimum absolute atomic E-state index is 0.309. The van der Waals surface area contributed by atoms with Gasteiger partial charge in [0.2, 0.25) is 5.91 Å². The lowest BCUT2D eigenvalue weighted by molar-refractivity contribution is -0.111. The van der Waals surface area contributed by atoms with Crippen LogP contribution in [0.1, 0.15) is 5.56 Å². The number of anilines is 2. The van der Waals surface area contributed by atoms with Crippen molar-refractivity contribution in [2.75, 3.05) is 11.1 Å². The fraction of sp³-hybridized carbons (Fsp3) is 0. The summed E-state index contributed by atoms with van der Waals surface area (Å²) in [5.41, 5.74) is 7.32. The molecule has 3 N–H and O–H groups in total. The van der Waals surface area contributed by atoms with Crippen LogP contribution in [0.5, 0.6) is 0 Å². The van der Waals surface area contributed by atoms with E-state index < -0.39 is 0 Å². The van der Waals surface area contributed by atoms with Gasteiger partial charge in [0.25, 0.3) is 0 Å². The van der Waals surface area contributed by atoms with Gasteiger partial charge in [0, 0.05) is 11.8 Å². The van der Waals surface area contributed by atoms with Crippen molar-refractivity contribution < 1.29 is 9.18 Å². The molecule has 102 valence electrons. The Labute approximate surface area is 120 Å². The van der Waals surface area contributed by atoms with Gasteiger partial charge in [0.1, 0.15) is 5.82 Å². The fourth-order valence-corrected chi connectivity index (χ4v) is 1.67. The number of rotatable bonds is 3. The quantitative estimate of drug-likeness (QED) is 0.669. The highest BCUT2D eigenvalue weighted by Gasteiger charge is 2.01. The van der Waals surface area contributed by atoms with Gasteiger partial charge in [-0.2, -0.15) is 0 Å². The molecule has 0 aromatic heterocycles. The highest BCUT2D eigenvalue weighted by Crippen LogP contribution is 2.22. The number of hydrogen-bond donors (Lipinski definition) is 2. The lowest BCUT2D eigenvalue weighted by Gasteiger charge is -2.04. The molecule has 1 amide bonds. The van der Waals surface area contributed by atoms with Crippen LogP contribution >= 0.6 is 11.6 Å². The molecule has 0 fully saturated rings. The summed E-state index contributed by atoms with van der Waals surface area (Å²) in [4.78, 5) is 11.7. The number of halogens is 2. The Morgan fingerprint density at radius 1 is 1.20 bits per heavy atom. The lowest BCUT2D eigenvalue weighted by atomic mass is 10.2. The van der Waals surface area contributed by atoms with Gasteiger partial charge in [-0.05, 0) is 42.0 Å². The summed E-state index contributed by atoms with van der Waals surface area (Å²) in [5.74, 6) is -0.626. The second kappa shape index (κ2) is 6.21. The SMILES string of the molecule is Nc1cc(NC(=O)/C=C/c2ccc(F)cc2)ccc1Cl. The number of benzene rings is 2. The molecule has 0 saturated heterocycles. The first kappa shape index (κ1) is 14.1. The summed E-state index contributed by atoms with van der Waals surface area (Å²) in [6.45, 7) is 0. The van der Waals surface area contributed by atoms with E-state index in [1.54, 1.807) is 36.4 Å². The van der Waals surface area contributed by atoms with E-state index in [1.807, 2.05) is 0 Å². The van der Waals surface area contributed by atoms with Crippen LogP contribution in [0.4, 0.5) is 15.8 Å². The Kier molecular flexibility index (Phi) is 4.38. The molecule has 0 aliphatic heterocycles. The predicted molar refractivity (Wildman–Crippen MR) is 79.9 cm³/mol. The lowest BCUT2D eigenvalue weighted by Crippen LogP contribution is -2.07. The normalized spacial score (nSPS) is 10.7. The molecule has 2 rings (SSSR count). The molecule has 0 spiro atoms. The predicted octanol–water partition coefficient (Wildman–Crippen LogP) is 3.71. The molecule has 0 aliphatic rings. The zero-order valence-corrected chi connectivity index (χ0v) is 11.2. The number of carbonyl (C=O) groups excluding carboxylic acids is 1. The van der Waals surface area contributed by atoms with Crippen molar-refractivity contribution >= 4 is 35.0 Å². The third-order valence-corrected chi connectivity index (χ3v) is 2.90. The van der Waals surface area contributed by atoms with Crippen molar-refractivity contribution in [1.82, 2.24) is 0 Å². The first-order chi connectivity index (χ1) is 9.54. The molecule has 0 radical (unpaired) electrons. The Morgan fingerprint density at radius 2 is 1.90 bits per heavy atom. The first-order valence-corrected chi connectivity index (χ1v) is 6.22. The van der Waals surface area contributed by atoms with Gasteiger partial charge in [-0.3, -0.25) is 4.79 Å². The number of amides is 1. The highest BCUT2D eigenvalue weighted by molar-refractivity contribution is 6.33. The summed E-state index contributed by atoms with van der Waals surface area (Å²) >= 11 is 5.79. The first-order valence-electron chi connectivity index (χ1n) is 5.84. The molecule has 5 heteroatoms. The molecular formula is C15H12ClFN2O. The molecule has 0 saturated carbocycles. The Balaban J connectivity index is 2.01. The molecule has 2 aromatic rings. The monoisotopic (exact) mass is 290 g/mol. The maximum atomic E-state index is 12.7. The van der Waals surface area contributed by atoms with Gasteiger partial charge in [-0.1, -0.05) is 23.7 Å². The van der Waals surface area contributed by atoms with E-state index in [9.17, 15) is 9.18 Å². The van der Waals surface area contributed by atoms with Crippen LogP contribution in [0.15, 0.2) is 48.5 Å². The van der Waals surface area contributed by atoms with Crippen LogP contribution in [0.25, 0.3) is 6.08 Å². The second-order valence-corrected chi connectivity index (χ2v) is 4.52. The summed E-state index contributed by atoms with van der Waals surface area (Å²) in [6, 6.07) is 10.7. The van der Waals surface area contributed by atoms with Crippen molar-refractivity contribution in [3.05, 3.63) is 64.9 Å². The number of nitrogens with two attached hydrogens (primary N) is 1. The molecule has 2 aromatic carbocycles. The molecule has 0 unspecified atom stereocenters. The van der Waals surface area contributed by atoms with Crippen molar-refractivity contribution in [2.24, 2.45) is 0 Å². The van der Waals surface area contributed by atoms with Gasteiger partial charge < -0.3 is 11.1 Å². The van der Waals surface area contributed by atoms with E-state index in [1.165, 1.54) is 18.2 Å². The molecule has 20 heavy (non-hydrogen) atoms. The van der Waals surface area contributed by atoms with Gasteiger partial charge in [-0.25, -0.2) is 4.39 Å². The van der Waals surface area contributed by atoms with E-state index in [4.69, 9.17) is 17.3 Å². The number of hydrogen-bond acceptors (Lipinski definition) is 2. The topological polar surface area (TPSA) is 55.1 Å². The average Bonchev–Trinajstić information content (AvgIpc) is 2.42. The van der Waals surface area contributed by atoms with Crippen LogP contribution in [0, 0.1) is 5.82 Å². The van der Waals surface area contributed by atoms with Gasteiger partial charge >= 0.3 is 0 Å². The third-order valence-electron chi connectivity index (χ3n) is 2.56. The van der Waals surface area contributed by atoms with Crippen LogP contribution in [0.3, 0.4) is 0 Å². The minimum atomic E-state index is -0.316. The summed E-state index contributed by atoms with van der Waals surface area (Å²) in [5, 5.41) is 3.09. The molecular weight excluding hydrogens is 279 g/mol. The third kappa shape index (κ3) is 3.83. The standard InChI is InChI=1S/C15H12ClFN2O/c16-13-7-6-12(9-14(13)18)19-15(20)8-3-10-1-4-11(17)5-2-10/h1-9H,18H2,(H,19,20)/b8-3+. The maximum Gasteiger partial charge on any atom is 0.248 e. The summed E-state index contributed by atoms with van der Waals surface area (Å²) in [7, 11) is 0. The van der Waals surface area contributed by atoms with Crippen LogP contribution in [-0.4, -0.2) is 5.91 Å². The number of nitrogen functional groups attached to an aromatic ring is 1. The summed E-state index contributed by atoms with van der Waals surface area (Å²) in [6.07, 6.45) is 2.95. The molecule has 0 bridgehead atoms. The summed E-state index contributed by atoms with van der Waals surface area (Å²) < 4.78 is 12.7. The highest BCUT2D eigenvalue weighted by atomic mass is 35.5. The smallest absolute Gasteiger partial charge is 0.248 e. The van der Waals surface area contributed by atoms with Crippen molar-refractivity contribution in [1.29, 1.82) is 0 Å². The van der Waals surface area contributed by atoms with Gasteiger partial charge in [-0.15, -0.1) is 0 Å².